The van der Waals surface area contributed by atoms with Gasteiger partial charge in [0.25, 0.3) is 0 Å². The first-order valence-corrected chi connectivity index (χ1v) is 7.29. The predicted octanol–water partition coefficient (Wildman–Crippen LogP) is 3.87. The van der Waals surface area contributed by atoms with Crippen molar-refractivity contribution >= 4 is 17.6 Å². The van der Waals surface area contributed by atoms with Crippen molar-refractivity contribution in [1.29, 1.82) is 0 Å². The molecule has 1 amide bonds. The van der Waals surface area contributed by atoms with Crippen LogP contribution in [0.5, 0.6) is 5.75 Å². The maximum absolute atomic E-state index is 13.6. The van der Waals surface area contributed by atoms with Gasteiger partial charge in [-0.3, -0.25) is 4.79 Å². The zero-order valence-electron chi connectivity index (χ0n) is 13.3. The maximum Gasteiger partial charge on any atom is 0.343 e. The first-order chi connectivity index (χ1) is 10.9. The van der Waals surface area contributed by atoms with E-state index >= 15 is 0 Å². The van der Waals surface area contributed by atoms with E-state index in [0.717, 1.165) is 23.6 Å². The summed E-state index contributed by atoms with van der Waals surface area (Å²) in [5.41, 5.74) is 2.00. The highest BCUT2D eigenvalue weighted by atomic mass is 19.1. The number of esters is 1. The van der Waals surface area contributed by atoms with E-state index in [4.69, 9.17) is 4.74 Å². The molecule has 0 heterocycles. The fourth-order valence-electron chi connectivity index (χ4n) is 2.15. The minimum Gasteiger partial charge on any atom is -0.423 e. The number of anilines is 1. The Balaban J connectivity index is 2.28. The lowest BCUT2D eigenvalue weighted by molar-refractivity contribution is -0.114. The predicted molar refractivity (Wildman–Crippen MR) is 86.2 cm³/mol. The number of carbonyl (C=O) groups excluding carboxylic acids is 2. The van der Waals surface area contributed by atoms with Crippen molar-refractivity contribution in [2.24, 2.45) is 0 Å². The van der Waals surface area contributed by atoms with E-state index in [1.807, 2.05) is 26.0 Å². The molecule has 2 rings (SSSR count). The van der Waals surface area contributed by atoms with Gasteiger partial charge in [0.15, 0.2) is 0 Å². The number of amides is 1. The highest BCUT2D eigenvalue weighted by molar-refractivity contribution is 5.94. The topological polar surface area (TPSA) is 55.4 Å². The normalized spacial score (nSPS) is 10.3. The molecule has 5 heteroatoms. The number of rotatable bonds is 4. The third-order valence-corrected chi connectivity index (χ3v) is 3.32. The third-order valence-electron chi connectivity index (χ3n) is 3.32. The van der Waals surface area contributed by atoms with Crippen LogP contribution in [-0.4, -0.2) is 11.9 Å². The van der Waals surface area contributed by atoms with Gasteiger partial charge in [-0.2, -0.15) is 0 Å². The number of nitrogens with one attached hydrogen (secondary N) is 1. The molecule has 4 nitrogen and oxygen atoms in total. The van der Waals surface area contributed by atoms with Crippen LogP contribution in [0.2, 0.25) is 0 Å². The summed E-state index contributed by atoms with van der Waals surface area (Å²) < 4.78 is 19.1. The first kappa shape index (κ1) is 16.7. The highest BCUT2D eigenvalue weighted by Crippen LogP contribution is 2.23. The molecule has 0 aliphatic heterocycles. The minimum atomic E-state index is -0.610. The summed E-state index contributed by atoms with van der Waals surface area (Å²) in [7, 11) is 0. The van der Waals surface area contributed by atoms with Gasteiger partial charge in [0.2, 0.25) is 5.91 Å². The van der Waals surface area contributed by atoms with Crippen molar-refractivity contribution in [3.8, 4) is 5.75 Å². The van der Waals surface area contributed by atoms with Crippen LogP contribution in [0.4, 0.5) is 10.1 Å². The van der Waals surface area contributed by atoms with E-state index in [2.05, 4.69) is 5.32 Å². The summed E-state index contributed by atoms with van der Waals surface area (Å²) in [5.74, 6) is -1.14. The summed E-state index contributed by atoms with van der Waals surface area (Å²) in [6, 6.07) is 9.35. The van der Waals surface area contributed by atoms with Crippen LogP contribution in [-0.2, 0) is 11.2 Å². The molecule has 0 saturated carbocycles. The summed E-state index contributed by atoms with van der Waals surface area (Å²) in [4.78, 5) is 23.4. The molecule has 0 atom stereocenters. The smallest absolute Gasteiger partial charge is 0.343 e. The summed E-state index contributed by atoms with van der Waals surface area (Å²) in [6.07, 6.45) is 0.726. The van der Waals surface area contributed by atoms with Gasteiger partial charge in [-0.05, 0) is 48.7 Å². The van der Waals surface area contributed by atoms with Crippen LogP contribution in [0.3, 0.4) is 0 Å². The Kier molecular flexibility index (Phi) is 5.11. The monoisotopic (exact) mass is 315 g/mol. The van der Waals surface area contributed by atoms with E-state index < -0.39 is 17.7 Å². The van der Waals surface area contributed by atoms with Gasteiger partial charge in [-0.15, -0.1) is 0 Å². The zero-order valence-corrected chi connectivity index (χ0v) is 13.3. The van der Waals surface area contributed by atoms with Crippen molar-refractivity contribution in [3.63, 3.8) is 0 Å². The molecule has 0 aromatic heterocycles. The van der Waals surface area contributed by atoms with Crippen LogP contribution in [0.15, 0.2) is 36.4 Å². The van der Waals surface area contributed by atoms with Gasteiger partial charge in [-0.25, -0.2) is 9.18 Å². The van der Waals surface area contributed by atoms with Crippen LogP contribution in [0.1, 0.15) is 35.3 Å². The van der Waals surface area contributed by atoms with Crippen molar-refractivity contribution in [2.45, 2.75) is 27.2 Å². The lowest BCUT2D eigenvalue weighted by Crippen LogP contribution is -2.12. The number of hydrogen-bond acceptors (Lipinski definition) is 3. The van der Waals surface area contributed by atoms with Crippen LogP contribution < -0.4 is 10.1 Å². The van der Waals surface area contributed by atoms with E-state index in [1.165, 1.54) is 19.1 Å². The second-order valence-corrected chi connectivity index (χ2v) is 5.23. The summed E-state index contributed by atoms with van der Waals surface area (Å²) >= 11 is 0. The van der Waals surface area contributed by atoms with Crippen molar-refractivity contribution in [1.82, 2.24) is 0 Å². The van der Waals surface area contributed by atoms with Crippen molar-refractivity contribution in [2.75, 3.05) is 5.32 Å². The Labute approximate surface area is 134 Å². The minimum absolute atomic E-state index is 0.0492. The Bertz CT molecular complexity index is 756. The average Bonchev–Trinajstić information content (AvgIpc) is 2.49. The third kappa shape index (κ3) is 4.16. The molecule has 0 unspecified atom stereocenters. The molecular formula is C18H18FNO3. The Hall–Kier alpha value is -2.69. The lowest BCUT2D eigenvalue weighted by atomic mass is 10.1. The summed E-state index contributed by atoms with van der Waals surface area (Å²) in [5, 5.41) is 2.34. The fourth-order valence-corrected chi connectivity index (χ4v) is 2.15. The Morgan fingerprint density at radius 2 is 1.91 bits per heavy atom. The Morgan fingerprint density at radius 3 is 2.57 bits per heavy atom. The number of halogens is 1. The molecule has 0 spiro atoms. The molecule has 1 N–H and O–H groups in total. The highest BCUT2D eigenvalue weighted by Gasteiger charge is 2.14. The van der Waals surface area contributed by atoms with Gasteiger partial charge < -0.3 is 10.1 Å². The van der Waals surface area contributed by atoms with Crippen molar-refractivity contribution < 1.29 is 18.7 Å². The lowest BCUT2D eigenvalue weighted by Gasteiger charge is -2.11. The van der Waals surface area contributed by atoms with Gasteiger partial charge >= 0.3 is 5.97 Å². The average molecular weight is 315 g/mol. The summed E-state index contributed by atoms with van der Waals surface area (Å²) in [6.45, 7) is 5.14. The SMILES string of the molecule is CCc1ccc(C)cc1OC(=O)c1ccc(F)c(NC(C)=O)c1. The molecular weight excluding hydrogens is 297 g/mol. The van der Waals surface area contributed by atoms with Gasteiger partial charge in [0, 0.05) is 6.92 Å². The zero-order chi connectivity index (χ0) is 17.0. The second kappa shape index (κ2) is 7.05. The van der Waals surface area contributed by atoms with E-state index in [0.29, 0.717) is 5.75 Å². The van der Waals surface area contributed by atoms with Crippen molar-refractivity contribution in [3.05, 3.63) is 58.9 Å². The number of carbonyl (C=O) groups is 2. The molecule has 23 heavy (non-hydrogen) atoms. The van der Waals surface area contributed by atoms with Crippen LogP contribution >= 0.6 is 0 Å². The molecule has 0 radical (unpaired) electrons. The first-order valence-electron chi connectivity index (χ1n) is 7.29. The molecule has 2 aromatic carbocycles. The standard InChI is InChI=1S/C18H18FNO3/c1-4-13-6-5-11(2)9-17(13)23-18(22)14-7-8-15(19)16(10-14)20-12(3)21/h5-10H,4H2,1-3H3,(H,20,21). The molecule has 120 valence electrons. The van der Waals surface area contributed by atoms with Crippen LogP contribution in [0, 0.1) is 12.7 Å². The maximum atomic E-state index is 13.6. The van der Waals surface area contributed by atoms with E-state index in [-0.39, 0.29) is 11.3 Å². The largest absolute Gasteiger partial charge is 0.423 e. The van der Waals surface area contributed by atoms with Gasteiger partial charge in [0.1, 0.15) is 11.6 Å². The van der Waals surface area contributed by atoms with Gasteiger partial charge in [-0.1, -0.05) is 19.1 Å². The van der Waals surface area contributed by atoms with Crippen LogP contribution in [0.25, 0.3) is 0 Å². The van der Waals surface area contributed by atoms with E-state index in [1.54, 1.807) is 6.07 Å². The molecule has 2 aromatic rings. The number of ether oxygens (including phenoxy) is 1. The van der Waals surface area contributed by atoms with Gasteiger partial charge in [0.05, 0.1) is 11.3 Å². The number of benzene rings is 2. The molecule has 0 aliphatic rings. The Morgan fingerprint density at radius 1 is 1.17 bits per heavy atom. The second-order valence-electron chi connectivity index (χ2n) is 5.23. The quantitative estimate of drug-likeness (QED) is 0.688. The molecule has 0 saturated heterocycles. The number of hydrogen-bond donors (Lipinski definition) is 1. The molecule has 0 aliphatic carbocycles. The molecule has 0 bridgehead atoms. The van der Waals surface area contributed by atoms with E-state index in [9.17, 15) is 14.0 Å². The fraction of sp³-hybridized carbons (Fsp3) is 0.222. The molecule has 0 fully saturated rings. The number of aryl methyl sites for hydroxylation is 2.